The van der Waals surface area contributed by atoms with Gasteiger partial charge in [0.1, 0.15) is 0 Å². The van der Waals surface area contributed by atoms with E-state index >= 15 is 0 Å². The molecule has 0 amide bonds. The molecule has 0 radical (unpaired) electrons. The van der Waals surface area contributed by atoms with Crippen LogP contribution in [-0.4, -0.2) is 0 Å². The van der Waals surface area contributed by atoms with Crippen LogP contribution in [0.15, 0.2) is 109 Å². The molecule has 0 N–H and O–H groups in total. The van der Waals surface area contributed by atoms with Crippen LogP contribution in [0.5, 0.6) is 0 Å². The maximum absolute atomic E-state index is 2.31. The Morgan fingerprint density at radius 3 is 1.15 bits per heavy atom. The average molecular weight is 330 g/mol. The van der Waals surface area contributed by atoms with E-state index in [4.69, 9.17) is 0 Å². The van der Waals surface area contributed by atoms with Gasteiger partial charge in [-0.15, -0.1) is 0 Å². The molecule has 0 saturated heterocycles. The number of hydrogen-bond donors (Lipinski definition) is 0. The van der Waals surface area contributed by atoms with Crippen LogP contribution in [0.1, 0.15) is 0 Å². The Morgan fingerprint density at radius 1 is 0.269 bits per heavy atom. The summed E-state index contributed by atoms with van der Waals surface area (Å²) in [5.74, 6) is 0. The van der Waals surface area contributed by atoms with Gasteiger partial charge in [-0.05, 0) is 68.1 Å². The first-order valence-corrected chi connectivity index (χ1v) is 8.95. The minimum Gasteiger partial charge on any atom is -0.0622 e. The van der Waals surface area contributed by atoms with E-state index in [2.05, 4.69) is 109 Å². The Balaban J connectivity index is 1.67. The summed E-state index contributed by atoms with van der Waals surface area (Å²) in [5, 5.41) is 5.13. The molecule has 0 nitrogen and oxygen atoms in total. The van der Waals surface area contributed by atoms with Crippen molar-refractivity contribution in [3.05, 3.63) is 109 Å². The molecule has 26 heavy (non-hydrogen) atoms. The van der Waals surface area contributed by atoms with Gasteiger partial charge in [0.15, 0.2) is 0 Å². The fourth-order valence-electron chi connectivity index (χ4n) is 3.62. The first kappa shape index (κ1) is 14.9. The number of benzene rings is 5. The standard InChI is InChI=1S/C26H18/c1-3-7-19(8-4-1)21-11-13-23-15-24-14-12-22(20-9-5-2-6-10-20)17-26(24)18-25(23)16-21/h1-18H. The van der Waals surface area contributed by atoms with Gasteiger partial charge >= 0.3 is 0 Å². The molecular weight excluding hydrogens is 312 g/mol. The first-order valence-electron chi connectivity index (χ1n) is 8.95. The van der Waals surface area contributed by atoms with Gasteiger partial charge in [-0.1, -0.05) is 84.9 Å². The van der Waals surface area contributed by atoms with Crippen molar-refractivity contribution >= 4 is 21.5 Å². The maximum atomic E-state index is 2.31. The molecule has 0 atom stereocenters. The van der Waals surface area contributed by atoms with Crippen LogP contribution in [0.3, 0.4) is 0 Å². The molecule has 0 aliphatic heterocycles. The van der Waals surface area contributed by atoms with Gasteiger partial charge in [0.25, 0.3) is 0 Å². The van der Waals surface area contributed by atoms with E-state index in [-0.39, 0.29) is 0 Å². The zero-order chi connectivity index (χ0) is 17.3. The third kappa shape index (κ3) is 2.66. The van der Waals surface area contributed by atoms with Crippen LogP contribution in [0, 0.1) is 0 Å². The van der Waals surface area contributed by atoms with Gasteiger partial charge < -0.3 is 0 Å². The molecule has 122 valence electrons. The van der Waals surface area contributed by atoms with E-state index in [1.165, 1.54) is 43.8 Å². The molecule has 0 fully saturated rings. The zero-order valence-corrected chi connectivity index (χ0v) is 14.4. The minimum atomic E-state index is 1.26. The minimum absolute atomic E-state index is 1.26. The van der Waals surface area contributed by atoms with E-state index in [0.717, 1.165) is 0 Å². The number of fused-ring (bicyclic) bond motifs is 2. The molecular formula is C26H18. The van der Waals surface area contributed by atoms with Crippen molar-refractivity contribution in [3.63, 3.8) is 0 Å². The van der Waals surface area contributed by atoms with Crippen molar-refractivity contribution in [1.82, 2.24) is 0 Å². The molecule has 0 bridgehead atoms. The Kier molecular flexibility index (Phi) is 3.54. The average Bonchev–Trinajstić information content (AvgIpc) is 2.73. The predicted molar refractivity (Wildman–Crippen MR) is 112 cm³/mol. The molecule has 5 rings (SSSR count). The van der Waals surface area contributed by atoms with Gasteiger partial charge in [-0.2, -0.15) is 0 Å². The van der Waals surface area contributed by atoms with Crippen molar-refractivity contribution in [2.45, 2.75) is 0 Å². The lowest BCUT2D eigenvalue weighted by molar-refractivity contribution is 1.64. The van der Waals surface area contributed by atoms with Crippen LogP contribution in [0.4, 0.5) is 0 Å². The molecule has 0 aliphatic carbocycles. The quantitative estimate of drug-likeness (QED) is 0.297. The fourth-order valence-corrected chi connectivity index (χ4v) is 3.62. The Labute approximate surface area is 153 Å². The number of rotatable bonds is 2. The van der Waals surface area contributed by atoms with Crippen molar-refractivity contribution in [2.24, 2.45) is 0 Å². The Morgan fingerprint density at radius 2 is 0.692 bits per heavy atom. The molecule has 0 aromatic heterocycles. The Hall–Kier alpha value is -3.38. The summed E-state index contributed by atoms with van der Waals surface area (Å²) < 4.78 is 0. The highest BCUT2D eigenvalue weighted by molar-refractivity contribution is 6.01. The summed E-state index contributed by atoms with van der Waals surface area (Å²) in [6.45, 7) is 0. The SMILES string of the molecule is c1ccc(-c2ccc3cc4ccc(-c5ccccc5)cc4cc3c2)cc1. The second-order valence-electron chi connectivity index (χ2n) is 6.71. The van der Waals surface area contributed by atoms with Gasteiger partial charge in [0, 0.05) is 0 Å². The number of hydrogen-bond acceptors (Lipinski definition) is 0. The van der Waals surface area contributed by atoms with Crippen LogP contribution < -0.4 is 0 Å². The topological polar surface area (TPSA) is 0 Å². The van der Waals surface area contributed by atoms with Crippen molar-refractivity contribution in [2.75, 3.05) is 0 Å². The molecule has 0 unspecified atom stereocenters. The third-order valence-electron chi connectivity index (χ3n) is 5.01. The van der Waals surface area contributed by atoms with Gasteiger partial charge in [-0.25, -0.2) is 0 Å². The Bertz CT molecular complexity index is 1110. The van der Waals surface area contributed by atoms with E-state index in [0.29, 0.717) is 0 Å². The summed E-state index contributed by atoms with van der Waals surface area (Å²) in [7, 11) is 0. The predicted octanol–water partition coefficient (Wildman–Crippen LogP) is 7.33. The highest BCUT2D eigenvalue weighted by Crippen LogP contribution is 2.30. The molecule has 0 heterocycles. The second-order valence-corrected chi connectivity index (χ2v) is 6.71. The molecule has 0 aliphatic rings. The summed E-state index contributed by atoms with van der Waals surface area (Å²) >= 11 is 0. The summed E-state index contributed by atoms with van der Waals surface area (Å²) in [6.07, 6.45) is 0. The lowest BCUT2D eigenvalue weighted by Gasteiger charge is -2.08. The highest BCUT2D eigenvalue weighted by Gasteiger charge is 2.04. The monoisotopic (exact) mass is 330 g/mol. The largest absolute Gasteiger partial charge is 0.0622 e. The van der Waals surface area contributed by atoms with Crippen molar-refractivity contribution < 1.29 is 0 Å². The third-order valence-corrected chi connectivity index (χ3v) is 5.01. The normalized spacial score (nSPS) is 11.1. The summed E-state index contributed by atoms with van der Waals surface area (Å²) in [4.78, 5) is 0. The molecule has 5 aromatic carbocycles. The van der Waals surface area contributed by atoms with E-state index in [1.54, 1.807) is 0 Å². The smallest absolute Gasteiger partial charge is 0.0171 e. The van der Waals surface area contributed by atoms with E-state index < -0.39 is 0 Å². The van der Waals surface area contributed by atoms with E-state index in [9.17, 15) is 0 Å². The van der Waals surface area contributed by atoms with Crippen LogP contribution in [0.2, 0.25) is 0 Å². The van der Waals surface area contributed by atoms with E-state index in [1.807, 2.05) is 0 Å². The van der Waals surface area contributed by atoms with Crippen LogP contribution in [-0.2, 0) is 0 Å². The van der Waals surface area contributed by atoms with Gasteiger partial charge in [0.05, 0.1) is 0 Å². The van der Waals surface area contributed by atoms with Crippen LogP contribution in [0.25, 0.3) is 43.8 Å². The zero-order valence-electron chi connectivity index (χ0n) is 14.4. The maximum Gasteiger partial charge on any atom is -0.0171 e. The van der Waals surface area contributed by atoms with Crippen molar-refractivity contribution in [3.8, 4) is 22.3 Å². The first-order chi connectivity index (χ1) is 12.9. The molecule has 0 heteroatoms. The summed E-state index contributed by atoms with van der Waals surface area (Å²) in [5.41, 5.74) is 5.04. The second kappa shape index (κ2) is 6.16. The molecule has 5 aromatic rings. The lowest BCUT2D eigenvalue weighted by atomic mass is 9.96. The fraction of sp³-hybridized carbons (Fsp3) is 0. The van der Waals surface area contributed by atoms with Crippen LogP contribution >= 0.6 is 0 Å². The molecule has 0 saturated carbocycles. The van der Waals surface area contributed by atoms with Crippen molar-refractivity contribution in [1.29, 1.82) is 0 Å². The lowest BCUT2D eigenvalue weighted by Crippen LogP contribution is -1.82. The highest BCUT2D eigenvalue weighted by atomic mass is 14.1. The van der Waals surface area contributed by atoms with Gasteiger partial charge in [0.2, 0.25) is 0 Å². The molecule has 0 spiro atoms. The van der Waals surface area contributed by atoms with Gasteiger partial charge in [-0.3, -0.25) is 0 Å². The summed E-state index contributed by atoms with van der Waals surface area (Å²) in [6, 6.07) is 39.2.